The van der Waals surface area contributed by atoms with Crippen LogP contribution in [0, 0.1) is 12.1 Å². The number of rotatable bonds is 6. The first-order chi connectivity index (χ1) is 13.5. The van der Waals surface area contributed by atoms with E-state index in [2.05, 4.69) is 0 Å². The second kappa shape index (κ2) is 8.50. The minimum absolute atomic E-state index is 0.228. The lowest BCUT2D eigenvalue weighted by molar-refractivity contribution is -0.139. The number of hydrogen-bond acceptors (Lipinski definition) is 3. The summed E-state index contributed by atoms with van der Waals surface area (Å²) in [6.45, 7) is 1.28. The SMILES string of the molecule is Cc1ccccc1C(=O)N([O-])C[C@H](C(=O)O)c1ccc(-c2ccccc2)cc1. The van der Waals surface area contributed by atoms with Crippen LogP contribution in [0.1, 0.15) is 27.4 Å². The number of aryl methyl sites for hydroxylation is 1. The van der Waals surface area contributed by atoms with E-state index in [1.807, 2.05) is 42.5 Å². The highest BCUT2D eigenvalue weighted by Crippen LogP contribution is 2.24. The number of carbonyl (C=O) groups excluding carboxylic acids is 1. The van der Waals surface area contributed by atoms with Crippen LogP contribution in [0.5, 0.6) is 0 Å². The van der Waals surface area contributed by atoms with Crippen molar-refractivity contribution in [2.45, 2.75) is 12.8 Å². The molecule has 1 amide bonds. The van der Waals surface area contributed by atoms with Gasteiger partial charge in [-0.05, 0) is 35.2 Å². The monoisotopic (exact) mass is 374 g/mol. The van der Waals surface area contributed by atoms with Crippen LogP contribution in [0.15, 0.2) is 78.9 Å². The Bertz CT molecular complexity index is 967. The third-order valence-corrected chi connectivity index (χ3v) is 4.67. The summed E-state index contributed by atoms with van der Waals surface area (Å²) in [7, 11) is 0. The molecule has 0 aliphatic carbocycles. The fourth-order valence-corrected chi connectivity index (χ4v) is 3.06. The molecule has 0 bridgehead atoms. The zero-order valence-corrected chi connectivity index (χ0v) is 15.4. The highest BCUT2D eigenvalue weighted by atomic mass is 16.5. The molecule has 5 heteroatoms. The molecular formula is C23H20NO4-. The van der Waals surface area contributed by atoms with Crippen molar-refractivity contribution in [1.82, 2.24) is 5.06 Å². The maximum Gasteiger partial charge on any atom is 0.312 e. The largest absolute Gasteiger partial charge is 0.756 e. The topological polar surface area (TPSA) is 80.7 Å². The number of amides is 1. The van der Waals surface area contributed by atoms with Crippen molar-refractivity contribution in [2.24, 2.45) is 0 Å². The molecule has 0 saturated heterocycles. The average molecular weight is 374 g/mol. The van der Waals surface area contributed by atoms with Gasteiger partial charge in [0, 0.05) is 12.1 Å². The normalized spacial score (nSPS) is 11.6. The van der Waals surface area contributed by atoms with E-state index >= 15 is 0 Å². The Kier molecular flexibility index (Phi) is 5.87. The molecular weight excluding hydrogens is 354 g/mol. The molecule has 1 atom stereocenters. The summed E-state index contributed by atoms with van der Waals surface area (Å²) in [6.07, 6.45) is 0. The van der Waals surface area contributed by atoms with E-state index in [4.69, 9.17) is 0 Å². The summed E-state index contributed by atoms with van der Waals surface area (Å²) in [6, 6.07) is 23.5. The van der Waals surface area contributed by atoms with Crippen molar-refractivity contribution in [3.63, 3.8) is 0 Å². The van der Waals surface area contributed by atoms with Gasteiger partial charge in [-0.1, -0.05) is 72.8 Å². The second-order valence-electron chi connectivity index (χ2n) is 6.56. The summed E-state index contributed by atoms with van der Waals surface area (Å²) in [5, 5.41) is 22.2. The molecule has 0 saturated carbocycles. The van der Waals surface area contributed by atoms with Crippen molar-refractivity contribution in [3.05, 3.63) is 101 Å². The van der Waals surface area contributed by atoms with Crippen LogP contribution in [0.3, 0.4) is 0 Å². The molecule has 0 aromatic heterocycles. The van der Waals surface area contributed by atoms with E-state index in [0.29, 0.717) is 11.1 Å². The van der Waals surface area contributed by atoms with Crippen LogP contribution >= 0.6 is 0 Å². The third kappa shape index (κ3) is 4.27. The van der Waals surface area contributed by atoms with E-state index < -0.39 is 24.3 Å². The minimum Gasteiger partial charge on any atom is -0.756 e. The Morgan fingerprint density at radius 3 is 2.07 bits per heavy atom. The lowest BCUT2D eigenvalue weighted by Crippen LogP contribution is -2.33. The zero-order valence-electron chi connectivity index (χ0n) is 15.4. The standard InChI is InChI=1S/C23H20NO4/c1-16-7-5-6-10-20(16)22(25)24(28)15-21(23(26)27)19-13-11-18(12-14-19)17-8-3-2-4-9-17/h2-14,21H,15H2,1H3,(H,26,27)/q-1/t21-/m0/s1. The van der Waals surface area contributed by atoms with E-state index in [9.17, 15) is 19.9 Å². The Morgan fingerprint density at radius 2 is 1.46 bits per heavy atom. The Hall–Kier alpha value is -3.44. The van der Waals surface area contributed by atoms with Crippen LogP contribution in [-0.2, 0) is 4.79 Å². The molecule has 5 nitrogen and oxygen atoms in total. The van der Waals surface area contributed by atoms with E-state index in [1.54, 1.807) is 43.3 Å². The number of aliphatic carboxylic acids is 1. The van der Waals surface area contributed by atoms with Gasteiger partial charge in [0.1, 0.15) is 0 Å². The van der Waals surface area contributed by atoms with Crippen molar-refractivity contribution < 1.29 is 14.7 Å². The third-order valence-electron chi connectivity index (χ3n) is 4.67. The number of benzene rings is 3. The molecule has 0 fully saturated rings. The summed E-state index contributed by atoms with van der Waals surface area (Å²) >= 11 is 0. The second-order valence-corrected chi connectivity index (χ2v) is 6.56. The number of nitrogens with zero attached hydrogens (tertiary/aromatic N) is 1. The number of carboxylic acid groups (broad SMARTS) is 1. The predicted octanol–water partition coefficient (Wildman–Crippen LogP) is 4.47. The molecule has 3 aromatic carbocycles. The molecule has 0 aliphatic rings. The van der Waals surface area contributed by atoms with Gasteiger partial charge in [0.15, 0.2) is 0 Å². The van der Waals surface area contributed by atoms with Gasteiger partial charge >= 0.3 is 5.97 Å². The van der Waals surface area contributed by atoms with Crippen LogP contribution in [0.4, 0.5) is 0 Å². The van der Waals surface area contributed by atoms with Gasteiger partial charge in [-0.15, -0.1) is 0 Å². The van der Waals surface area contributed by atoms with Crippen molar-refractivity contribution >= 4 is 11.9 Å². The van der Waals surface area contributed by atoms with E-state index in [1.165, 1.54) is 0 Å². The molecule has 0 unspecified atom stereocenters. The molecule has 0 radical (unpaired) electrons. The summed E-state index contributed by atoms with van der Waals surface area (Å²) < 4.78 is 0. The highest BCUT2D eigenvalue weighted by molar-refractivity contribution is 5.96. The maximum atomic E-state index is 12.4. The molecule has 0 aliphatic heterocycles. The van der Waals surface area contributed by atoms with Crippen molar-refractivity contribution in [3.8, 4) is 11.1 Å². The van der Waals surface area contributed by atoms with E-state index in [0.717, 1.165) is 11.1 Å². The summed E-state index contributed by atoms with van der Waals surface area (Å²) in [5.41, 5.74) is 3.39. The number of carbonyl (C=O) groups is 2. The molecule has 0 spiro atoms. The van der Waals surface area contributed by atoms with Gasteiger partial charge in [-0.3, -0.25) is 9.59 Å². The quantitative estimate of drug-likeness (QED) is 0.646. The summed E-state index contributed by atoms with van der Waals surface area (Å²) in [5.74, 6) is -2.98. The number of hydroxylamine groups is 2. The average Bonchev–Trinajstić information content (AvgIpc) is 2.72. The van der Waals surface area contributed by atoms with Crippen LogP contribution < -0.4 is 0 Å². The van der Waals surface area contributed by atoms with Crippen LogP contribution in [0.2, 0.25) is 0 Å². The minimum atomic E-state index is -1.15. The van der Waals surface area contributed by atoms with Gasteiger partial charge in [0.25, 0.3) is 0 Å². The summed E-state index contributed by atoms with van der Waals surface area (Å²) in [4.78, 5) is 24.2. The van der Waals surface area contributed by atoms with Crippen LogP contribution in [0.25, 0.3) is 11.1 Å². The van der Waals surface area contributed by atoms with Crippen molar-refractivity contribution in [2.75, 3.05) is 6.54 Å². The van der Waals surface area contributed by atoms with Gasteiger partial charge in [0.05, 0.1) is 5.92 Å². The molecule has 3 aromatic rings. The van der Waals surface area contributed by atoms with E-state index in [-0.39, 0.29) is 10.6 Å². The number of hydrogen-bond donors (Lipinski definition) is 1. The first-order valence-corrected chi connectivity index (χ1v) is 8.90. The first kappa shape index (κ1) is 19.3. The number of carboxylic acids is 1. The molecule has 1 N–H and O–H groups in total. The molecule has 28 heavy (non-hydrogen) atoms. The van der Waals surface area contributed by atoms with Gasteiger partial charge in [0.2, 0.25) is 5.91 Å². The fraction of sp³-hybridized carbons (Fsp3) is 0.130. The molecule has 3 rings (SSSR count). The lowest BCUT2D eigenvalue weighted by Gasteiger charge is -2.31. The maximum absolute atomic E-state index is 12.4. The lowest BCUT2D eigenvalue weighted by atomic mass is 9.96. The molecule has 142 valence electrons. The van der Waals surface area contributed by atoms with Crippen LogP contribution in [-0.4, -0.2) is 28.6 Å². The van der Waals surface area contributed by atoms with Gasteiger partial charge < -0.3 is 15.4 Å². The predicted molar refractivity (Wildman–Crippen MR) is 108 cm³/mol. The zero-order chi connectivity index (χ0) is 20.1. The van der Waals surface area contributed by atoms with Gasteiger partial charge in [-0.2, -0.15) is 0 Å². The Balaban J connectivity index is 1.79. The Morgan fingerprint density at radius 1 is 0.893 bits per heavy atom. The molecule has 0 heterocycles. The first-order valence-electron chi connectivity index (χ1n) is 8.90. The highest BCUT2D eigenvalue weighted by Gasteiger charge is 2.23. The van der Waals surface area contributed by atoms with Crippen molar-refractivity contribution in [1.29, 1.82) is 0 Å². The van der Waals surface area contributed by atoms with Gasteiger partial charge in [-0.25, -0.2) is 0 Å². The fourth-order valence-electron chi connectivity index (χ4n) is 3.06. The smallest absolute Gasteiger partial charge is 0.312 e. The Labute approximate surface area is 163 Å².